The van der Waals surface area contributed by atoms with Gasteiger partial charge in [-0.15, -0.1) is 0 Å². The van der Waals surface area contributed by atoms with E-state index in [1.165, 1.54) is 16.6 Å². The number of benzene rings is 1. The minimum atomic E-state index is -0.109. The van der Waals surface area contributed by atoms with Crippen LogP contribution >= 0.6 is 0 Å². The van der Waals surface area contributed by atoms with Gasteiger partial charge in [-0.1, -0.05) is 18.2 Å². The Kier molecular flexibility index (Phi) is 3.44. The van der Waals surface area contributed by atoms with E-state index < -0.39 is 0 Å². The molecule has 2 aromatic rings. The molecule has 1 aromatic heterocycles. The first kappa shape index (κ1) is 11.7. The van der Waals surface area contributed by atoms with E-state index in [0.717, 1.165) is 18.4 Å². The van der Waals surface area contributed by atoms with Crippen molar-refractivity contribution in [3.63, 3.8) is 0 Å². The Hall–Kier alpha value is -1.81. The SMILES string of the molecule is Cc1[nH]c2ccccc2c1CCCC(=O)NN. The number of hydrogen-bond donors (Lipinski definition) is 3. The summed E-state index contributed by atoms with van der Waals surface area (Å²) in [5.41, 5.74) is 5.78. The van der Waals surface area contributed by atoms with Crippen molar-refractivity contribution in [3.8, 4) is 0 Å². The summed E-state index contributed by atoms with van der Waals surface area (Å²) in [4.78, 5) is 14.4. The number of para-hydroxylation sites is 1. The third-order valence-corrected chi connectivity index (χ3v) is 3.02. The fraction of sp³-hybridized carbons (Fsp3) is 0.308. The lowest BCUT2D eigenvalue weighted by Crippen LogP contribution is -2.29. The van der Waals surface area contributed by atoms with Crippen LogP contribution in [0.3, 0.4) is 0 Å². The number of nitrogens with two attached hydrogens (primary N) is 1. The molecular weight excluding hydrogens is 214 g/mol. The summed E-state index contributed by atoms with van der Waals surface area (Å²) in [6.45, 7) is 2.07. The van der Waals surface area contributed by atoms with Crippen LogP contribution in [0.1, 0.15) is 24.1 Å². The van der Waals surface area contributed by atoms with Gasteiger partial charge in [0.15, 0.2) is 0 Å². The third-order valence-electron chi connectivity index (χ3n) is 3.02. The molecule has 0 saturated heterocycles. The van der Waals surface area contributed by atoms with Crippen LogP contribution in [0.25, 0.3) is 10.9 Å². The lowest BCUT2D eigenvalue weighted by molar-refractivity contribution is -0.121. The highest BCUT2D eigenvalue weighted by molar-refractivity contribution is 5.84. The highest BCUT2D eigenvalue weighted by atomic mass is 16.2. The first-order valence-corrected chi connectivity index (χ1v) is 5.78. The lowest BCUT2D eigenvalue weighted by atomic mass is 10.0. The molecule has 0 aliphatic carbocycles. The summed E-state index contributed by atoms with van der Waals surface area (Å²) < 4.78 is 0. The molecule has 0 aliphatic rings. The summed E-state index contributed by atoms with van der Waals surface area (Å²) in [6, 6.07) is 8.23. The quantitative estimate of drug-likeness (QED) is 0.426. The summed E-state index contributed by atoms with van der Waals surface area (Å²) in [5, 5.41) is 1.25. The number of amides is 1. The van der Waals surface area contributed by atoms with Crippen molar-refractivity contribution in [2.45, 2.75) is 26.2 Å². The van der Waals surface area contributed by atoms with Gasteiger partial charge in [-0.05, 0) is 31.4 Å². The van der Waals surface area contributed by atoms with Gasteiger partial charge in [-0.2, -0.15) is 0 Å². The van der Waals surface area contributed by atoms with Crippen LogP contribution in [0, 0.1) is 6.92 Å². The van der Waals surface area contributed by atoms with E-state index in [9.17, 15) is 4.79 Å². The largest absolute Gasteiger partial charge is 0.358 e. The number of H-pyrrole nitrogens is 1. The number of rotatable bonds is 4. The molecule has 1 aromatic carbocycles. The monoisotopic (exact) mass is 231 g/mol. The number of hydrogen-bond acceptors (Lipinski definition) is 2. The minimum Gasteiger partial charge on any atom is -0.358 e. The van der Waals surface area contributed by atoms with Crippen LogP contribution in [-0.4, -0.2) is 10.9 Å². The standard InChI is InChI=1S/C13H17N3O/c1-9-10(6-4-8-13(17)16-14)11-5-2-3-7-12(11)15-9/h2-3,5,7,15H,4,6,8,14H2,1H3,(H,16,17). The van der Waals surface area contributed by atoms with Gasteiger partial charge in [0.2, 0.25) is 5.91 Å². The molecule has 0 unspecified atom stereocenters. The molecule has 1 amide bonds. The molecule has 0 radical (unpaired) electrons. The maximum atomic E-state index is 11.0. The average Bonchev–Trinajstić information content (AvgIpc) is 2.66. The third kappa shape index (κ3) is 2.47. The zero-order valence-electron chi connectivity index (χ0n) is 9.92. The smallest absolute Gasteiger partial charge is 0.233 e. The van der Waals surface area contributed by atoms with Crippen molar-refractivity contribution < 1.29 is 4.79 Å². The molecule has 2 rings (SSSR count). The Morgan fingerprint density at radius 2 is 2.18 bits per heavy atom. The number of carbonyl (C=O) groups excluding carboxylic acids is 1. The average molecular weight is 231 g/mol. The van der Waals surface area contributed by atoms with Gasteiger partial charge in [0.1, 0.15) is 0 Å². The molecule has 4 heteroatoms. The van der Waals surface area contributed by atoms with E-state index in [0.29, 0.717) is 6.42 Å². The van der Waals surface area contributed by atoms with E-state index >= 15 is 0 Å². The normalized spacial score (nSPS) is 10.7. The second-order valence-electron chi connectivity index (χ2n) is 4.20. The van der Waals surface area contributed by atoms with E-state index in [-0.39, 0.29) is 5.91 Å². The Bertz CT molecular complexity index is 530. The molecule has 0 bridgehead atoms. The van der Waals surface area contributed by atoms with Crippen molar-refractivity contribution in [2.75, 3.05) is 0 Å². The zero-order chi connectivity index (χ0) is 12.3. The Labute approximate surface area is 100 Å². The van der Waals surface area contributed by atoms with E-state index in [1.807, 2.05) is 12.1 Å². The maximum absolute atomic E-state index is 11.0. The van der Waals surface area contributed by atoms with Crippen molar-refractivity contribution in [1.82, 2.24) is 10.4 Å². The second kappa shape index (κ2) is 5.01. The summed E-state index contributed by atoms with van der Waals surface area (Å²) in [5.74, 6) is 4.94. The summed E-state index contributed by atoms with van der Waals surface area (Å²) in [6.07, 6.45) is 2.17. The van der Waals surface area contributed by atoms with Crippen LogP contribution in [0.15, 0.2) is 24.3 Å². The van der Waals surface area contributed by atoms with Crippen LogP contribution in [-0.2, 0) is 11.2 Å². The van der Waals surface area contributed by atoms with Crippen LogP contribution in [0.4, 0.5) is 0 Å². The molecule has 0 spiro atoms. The minimum absolute atomic E-state index is 0.109. The molecule has 17 heavy (non-hydrogen) atoms. The van der Waals surface area contributed by atoms with Crippen molar-refractivity contribution >= 4 is 16.8 Å². The van der Waals surface area contributed by atoms with Gasteiger partial charge in [0.05, 0.1) is 0 Å². The Balaban J connectivity index is 2.12. The van der Waals surface area contributed by atoms with Gasteiger partial charge >= 0.3 is 0 Å². The number of nitrogens with one attached hydrogen (secondary N) is 2. The Morgan fingerprint density at radius 1 is 1.41 bits per heavy atom. The van der Waals surface area contributed by atoms with Gasteiger partial charge in [0, 0.05) is 23.0 Å². The molecule has 0 atom stereocenters. The lowest BCUT2D eigenvalue weighted by Gasteiger charge is -2.01. The van der Waals surface area contributed by atoms with E-state index in [1.54, 1.807) is 0 Å². The summed E-state index contributed by atoms with van der Waals surface area (Å²) in [7, 11) is 0. The van der Waals surface area contributed by atoms with Crippen LogP contribution in [0.5, 0.6) is 0 Å². The second-order valence-corrected chi connectivity index (χ2v) is 4.20. The fourth-order valence-corrected chi connectivity index (χ4v) is 2.15. The van der Waals surface area contributed by atoms with E-state index in [2.05, 4.69) is 29.5 Å². The molecule has 1 heterocycles. The number of hydrazine groups is 1. The predicted octanol–water partition coefficient (Wildman–Crippen LogP) is 1.79. The van der Waals surface area contributed by atoms with Gasteiger partial charge in [-0.3, -0.25) is 10.2 Å². The van der Waals surface area contributed by atoms with Crippen molar-refractivity contribution in [1.29, 1.82) is 0 Å². The number of aryl methyl sites for hydroxylation is 2. The number of aromatic nitrogens is 1. The zero-order valence-corrected chi connectivity index (χ0v) is 9.92. The molecule has 0 aliphatic heterocycles. The van der Waals surface area contributed by atoms with Crippen LogP contribution in [0.2, 0.25) is 0 Å². The highest BCUT2D eigenvalue weighted by Gasteiger charge is 2.08. The number of fused-ring (bicyclic) bond motifs is 1. The molecule has 0 fully saturated rings. The number of carbonyl (C=O) groups is 1. The molecule has 4 nitrogen and oxygen atoms in total. The molecule has 4 N–H and O–H groups in total. The summed E-state index contributed by atoms with van der Waals surface area (Å²) >= 11 is 0. The number of aromatic amines is 1. The van der Waals surface area contributed by atoms with E-state index in [4.69, 9.17) is 5.84 Å². The molecule has 0 saturated carbocycles. The predicted molar refractivity (Wildman–Crippen MR) is 68.3 cm³/mol. The topological polar surface area (TPSA) is 70.9 Å². The maximum Gasteiger partial charge on any atom is 0.233 e. The molecular formula is C13H17N3O. The first-order valence-electron chi connectivity index (χ1n) is 5.78. The highest BCUT2D eigenvalue weighted by Crippen LogP contribution is 2.23. The van der Waals surface area contributed by atoms with Gasteiger partial charge in [0.25, 0.3) is 0 Å². The Morgan fingerprint density at radius 3 is 2.94 bits per heavy atom. The molecule has 90 valence electrons. The van der Waals surface area contributed by atoms with Crippen molar-refractivity contribution in [3.05, 3.63) is 35.5 Å². The fourth-order valence-electron chi connectivity index (χ4n) is 2.15. The first-order chi connectivity index (χ1) is 8.22. The van der Waals surface area contributed by atoms with Crippen LogP contribution < -0.4 is 11.3 Å². The van der Waals surface area contributed by atoms with Gasteiger partial charge < -0.3 is 4.98 Å². The van der Waals surface area contributed by atoms with Crippen molar-refractivity contribution in [2.24, 2.45) is 5.84 Å². The van der Waals surface area contributed by atoms with Gasteiger partial charge in [-0.25, -0.2) is 5.84 Å².